The first-order valence-electron chi connectivity index (χ1n) is 4.85. The Morgan fingerprint density at radius 2 is 1.95 bits per heavy atom. The lowest BCUT2D eigenvalue weighted by molar-refractivity contribution is -0.137. The van der Waals surface area contributed by atoms with Gasteiger partial charge in [-0.3, -0.25) is 4.72 Å². The maximum absolute atomic E-state index is 12.5. The molecule has 0 heterocycles. The number of nitriles is 1. The molecule has 0 aliphatic heterocycles. The van der Waals surface area contributed by atoms with E-state index in [1.807, 2.05) is 4.72 Å². The molecule has 1 rings (SSSR count). The number of hydrogen-bond donors (Lipinski definition) is 1. The Balaban J connectivity index is 3.18. The van der Waals surface area contributed by atoms with Gasteiger partial charge < -0.3 is 0 Å². The summed E-state index contributed by atoms with van der Waals surface area (Å²) in [4.78, 5) is 0. The summed E-state index contributed by atoms with van der Waals surface area (Å²) < 4.78 is 62.5. The van der Waals surface area contributed by atoms with Gasteiger partial charge in [-0.1, -0.05) is 11.6 Å². The fraction of sp³-hybridized carbons (Fsp3) is 0.300. The number of alkyl halides is 3. The van der Waals surface area contributed by atoms with Crippen molar-refractivity contribution in [2.24, 2.45) is 0 Å². The Kier molecular flexibility index (Phi) is 4.32. The zero-order valence-electron chi connectivity index (χ0n) is 9.49. The standard InChI is InChI=1S/C10H8ClF3N2O2S/c1-6(5-15)19(17,18)16-9-3-7(10(12,13)14)2-8(11)4-9/h2-4,6,16H,1H3. The number of anilines is 1. The van der Waals surface area contributed by atoms with Gasteiger partial charge in [0.05, 0.1) is 17.3 Å². The van der Waals surface area contributed by atoms with Crippen molar-refractivity contribution in [1.29, 1.82) is 5.26 Å². The molecule has 1 unspecified atom stereocenters. The quantitative estimate of drug-likeness (QED) is 0.932. The number of hydrogen-bond acceptors (Lipinski definition) is 3. The van der Waals surface area contributed by atoms with Crippen LogP contribution in [-0.2, 0) is 16.2 Å². The second-order valence-electron chi connectivity index (χ2n) is 3.64. The molecule has 0 saturated heterocycles. The minimum atomic E-state index is -4.65. The third-order valence-corrected chi connectivity index (χ3v) is 3.91. The van der Waals surface area contributed by atoms with Crippen LogP contribution in [0.2, 0.25) is 5.02 Å². The zero-order chi connectivity index (χ0) is 14.8. The van der Waals surface area contributed by atoms with E-state index in [4.69, 9.17) is 16.9 Å². The van der Waals surface area contributed by atoms with Crippen molar-refractivity contribution in [3.63, 3.8) is 0 Å². The number of benzene rings is 1. The first-order valence-corrected chi connectivity index (χ1v) is 6.78. The summed E-state index contributed by atoms with van der Waals surface area (Å²) in [5.41, 5.74) is -1.43. The van der Waals surface area contributed by atoms with Gasteiger partial charge >= 0.3 is 6.18 Å². The number of sulfonamides is 1. The molecule has 1 atom stereocenters. The molecule has 0 radical (unpaired) electrons. The third kappa shape index (κ3) is 4.01. The van der Waals surface area contributed by atoms with Crippen LogP contribution >= 0.6 is 11.6 Å². The van der Waals surface area contributed by atoms with Crippen LogP contribution in [0.25, 0.3) is 0 Å². The predicted molar refractivity (Wildman–Crippen MR) is 64.1 cm³/mol. The largest absolute Gasteiger partial charge is 0.416 e. The molecule has 0 saturated carbocycles. The van der Waals surface area contributed by atoms with E-state index in [1.165, 1.54) is 6.07 Å². The molecule has 0 fully saturated rings. The molecule has 0 aliphatic carbocycles. The highest BCUT2D eigenvalue weighted by Gasteiger charge is 2.31. The highest BCUT2D eigenvalue weighted by molar-refractivity contribution is 7.93. The number of nitrogens with one attached hydrogen (secondary N) is 1. The molecular weight excluding hydrogens is 305 g/mol. The Morgan fingerprint density at radius 1 is 1.37 bits per heavy atom. The van der Waals surface area contributed by atoms with E-state index in [9.17, 15) is 21.6 Å². The topological polar surface area (TPSA) is 70.0 Å². The van der Waals surface area contributed by atoms with Crippen molar-refractivity contribution in [2.45, 2.75) is 18.3 Å². The maximum Gasteiger partial charge on any atom is 0.416 e. The molecule has 9 heteroatoms. The van der Waals surface area contributed by atoms with E-state index in [1.54, 1.807) is 0 Å². The van der Waals surface area contributed by atoms with Crippen molar-refractivity contribution < 1.29 is 21.6 Å². The Labute approximate surface area is 112 Å². The van der Waals surface area contributed by atoms with E-state index in [-0.39, 0.29) is 10.7 Å². The fourth-order valence-electron chi connectivity index (χ4n) is 1.13. The average molecular weight is 313 g/mol. The molecular formula is C10H8ClF3N2O2S. The van der Waals surface area contributed by atoms with Crippen LogP contribution in [0.4, 0.5) is 18.9 Å². The maximum atomic E-state index is 12.5. The van der Waals surface area contributed by atoms with Crippen LogP contribution in [0.1, 0.15) is 12.5 Å². The summed E-state index contributed by atoms with van der Waals surface area (Å²) in [6, 6.07) is 3.78. The summed E-state index contributed by atoms with van der Waals surface area (Å²) >= 11 is 5.50. The monoisotopic (exact) mass is 312 g/mol. The Morgan fingerprint density at radius 3 is 2.42 bits per heavy atom. The molecule has 0 bridgehead atoms. The van der Waals surface area contributed by atoms with Gasteiger partial charge in [0.2, 0.25) is 10.0 Å². The van der Waals surface area contributed by atoms with Crippen LogP contribution in [0, 0.1) is 11.3 Å². The Bertz CT molecular complexity index is 623. The smallest absolute Gasteiger partial charge is 0.282 e. The molecule has 19 heavy (non-hydrogen) atoms. The number of halogens is 4. The van der Waals surface area contributed by atoms with E-state index in [0.717, 1.165) is 13.0 Å². The molecule has 104 valence electrons. The van der Waals surface area contributed by atoms with Gasteiger partial charge in [-0.05, 0) is 25.1 Å². The number of rotatable bonds is 3. The van der Waals surface area contributed by atoms with E-state index in [0.29, 0.717) is 12.1 Å². The van der Waals surface area contributed by atoms with Crippen molar-refractivity contribution >= 4 is 27.3 Å². The van der Waals surface area contributed by atoms with Gasteiger partial charge in [-0.25, -0.2) is 8.42 Å². The average Bonchev–Trinajstić information content (AvgIpc) is 2.25. The fourth-order valence-corrected chi connectivity index (χ4v) is 2.13. The van der Waals surface area contributed by atoms with Crippen LogP contribution < -0.4 is 4.72 Å². The van der Waals surface area contributed by atoms with Gasteiger partial charge in [0.25, 0.3) is 0 Å². The second kappa shape index (κ2) is 5.27. The molecule has 0 aromatic heterocycles. The van der Waals surface area contributed by atoms with Crippen molar-refractivity contribution in [2.75, 3.05) is 4.72 Å². The summed E-state index contributed by atoms with van der Waals surface area (Å²) in [5.74, 6) is 0. The van der Waals surface area contributed by atoms with Crippen LogP contribution in [-0.4, -0.2) is 13.7 Å². The first kappa shape index (κ1) is 15.6. The summed E-state index contributed by atoms with van der Waals surface area (Å²) in [6.07, 6.45) is -4.65. The van der Waals surface area contributed by atoms with Crippen LogP contribution in [0.15, 0.2) is 18.2 Å². The van der Waals surface area contributed by atoms with Crippen molar-refractivity contribution in [1.82, 2.24) is 0 Å². The summed E-state index contributed by atoms with van der Waals surface area (Å²) in [5, 5.41) is 6.84. The molecule has 1 aromatic rings. The predicted octanol–water partition coefficient (Wildman–Crippen LogP) is 3.01. The van der Waals surface area contributed by atoms with E-state index >= 15 is 0 Å². The highest BCUT2D eigenvalue weighted by atomic mass is 35.5. The lowest BCUT2D eigenvalue weighted by Gasteiger charge is -2.12. The Hall–Kier alpha value is -1.46. The molecule has 0 spiro atoms. The lowest BCUT2D eigenvalue weighted by atomic mass is 10.2. The number of nitrogens with zero attached hydrogens (tertiary/aromatic N) is 1. The molecule has 1 N–H and O–H groups in total. The SMILES string of the molecule is CC(C#N)S(=O)(=O)Nc1cc(Cl)cc(C(F)(F)F)c1. The normalized spacial score (nSPS) is 13.7. The molecule has 0 aliphatic rings. The minimum absolute atomic E-state index is 0.267. The summed E-state index contributed by atoms with van der Waals surface area (Å²) in [6.45, 7) is 1.11. The van der Waals surface area contributed by atoms with Gasteiger partial charge in [-0.15, -0.1) is 0 Å². The van der Waals surface area contributed by atoms with Gasteiger partial charge in [0.15, 0.2) is 5.25 Å². The molecule has 1 aromatic carbocycles. The van der Waals surface area contributed by atoms with Gasteiger partial charge in [-0.2, -0.15) is 18.4 Å². The van der Waals surface area contributed by atoms with Crippen molar-refractivity contribution in [3.8, 4) is 6.07 Å². The van der Waals surface area contributed by atoms with Crippen molar-refractivity contribution in [3.05, 3.63) is 28.8 Å². The van der Waals surface area contributed by atoms with E-state index in [2.05, 4.69) is 0 Å². The van der Waals surface area contributed by atoms with Crippen LogP contribution in [0.5, 0.6) is 0 Å². The van der Waals surface area contributed by atoms with Crippen LogP contribution in [0.3, 0.4) is 0 Å². The summed E-state index contributed by atoms with van der Waals surface area (Å²) in [7, 11) is -4.08. The minimum Gasteiger partial charge on any atom is -0.282 e. The van der Waals surface area contributed by atoms with Gasteiger partial charge in [0, 0.05) is 5.02 Å². The molecule has 4 nitrogen and oxygen atoms in total. The first-order chi connectivity index (χ1) is 8.56. The lowest BCUT2D eigenvalue weighted by Crippen LogP contribution is -2.24. The van der Waals surface area contributed by atoms with E-state index < -0.39 is 27.0 Å². The zero-order valence-corrected chi connectivity index (χ0v) is 11.1. The van der Waals surface area contributed by atoms with Gasteiger partial charge in [0.1, 0.15) is 0 Å². The third-order valence-electron chi connectivity index (χ3n) is 2.13. The second-order valence-corrected chi connectivity index (χ2v) is 6.08. The molecule has 0 amide bonds. The highest BCUT2D eigenvalue weighted by Crippen LogP contribution is 2.33.